The first-order valence-corrected chi connectivity index (χ1v) is 7.13. The first-order valence-electron chi connectivity index (χ1n) is 6.76. The molecule has 1 heterocycles. The van der Waals surface area contributed by atoms with Crippen molar-refractivity contribution in [1.82, 2.24) is 20.8 Å². The highest BCUT2D eigenvalue weighted by Crippen LogP contribution is 2.18. The minimum Gasteiger partial charge on any atom is -0.356 e. The molecule has 0 unspecified atom stereocenters. The Bertz CT molecular complexity index is 600. The van der Waals surface area contributed by atoms with E-state index in [4.69, 9.17) is 16.1 Å². The third-order valence-electron chi connectivity index (χ3n) is 2.74. The SMILES string of the molecule is CCCNC(=NC)NCc1nc(-c2ccc(Cl)cc2)no1.I. The Hall–Kier alpha value is -1.35. The average Bonchev–Trinajstić information content (AvgIpc) is 2.97. The molecule has 0 fully saturated rings. The summed E-state index contributed by atoms with van der Waals surface area (Å²) in [6, 6.07) is 7.29. The lowest BCUT2D eigenvalue weighted by atomic mass is 10.2. The second kappa shape index (κ2) is 9.62. The molecule has 0 aliphatic heterocycles. The minimum atomic E-state index is 0. The summed E-state index contributed by atoms with van der Waals surface area (Å²) in [6.45, 7) is 3.38. The predicted octanol–water partition coefficient (Wildman–Crippen LogP) is 3.08. The number of benzene rings is 1. The summed E-state index contributed by atoms with van der Waals surface area (Å²) in [5, 5.41) is 10.9. The highest BCUT2D eigenvalue weighted by Gasteiger charge is 2.09. The van der Waals surface area contributed by atoms with Crippen LogP contribution < -0.4 is 10.6 Å². The number of nitrogens with zero attached hydrogens (tertiary/aromatic N) is 3. The second-order valence-electron chi connectivity index (χ2n) is 4.37. The van der Waals surface area contributed by atoms with Gasteiger partial charge in [0.05, 0.1) is 6.54 Å². The maximum Gasteiger partial charge on any atom is 0.246 e. The standard InChI is InChI=1S/C14H18ClN5O.HI/c1-3-8-17-14(16-2)18-9-12-19-13(20-21-12)10-4-6-11(15)7-5-10;/h4-7H,3,8-9H2,1-2H3,(H2,16,17,18);1H. The molecule has 1 aromatic carbocycles. The van der Waals surface area contributed by atoms with E-state index in [2.05, 4.69) is 32.7 Å². The van der Waals surface area contributed by atoms with Crippen molar-refractivity contribution < 1.29 is 4.52 Å². The van der Waals surface area contributed by atoms with Crippen molar-refractivity contribution >= 4 is 41.5 Å². The first kappa shape index (κ1) is 18.7. The van der Waals surface area contributed by atoms with Crippen LogP contribution in [0.4, 0.5) is 0 Å². The molecule has 0 saturated heterocycles. The third kappa shape index (κ3) is 5.45. The second-order valence-corrected chi connectivity index (χ2v) is 4.81. The van der Waals surface area contributed by atoms with Gasteiger partial charge in [-0.15, -0.1) is 24.0 Å². The van der Waals surface area contributed by atoms with Crippen LogP contribution in [0, 0.1) is 0 Å². The summed E-state index contributed by atoms with van der Waals surface area (Å²) in [6.07, 6.45) is 1.03. The molecule has 2 rings (SSSR count). The normalized spacial score (nSPS) is 11.0. The van der Waals surface area contributed by atoms with E-state index in [0.29, 0.717) is 29.2 Å². The topological polar surface area (TPSA) is 75.3 Å². The number of hydrogen-bond donors (Lipinski definition) is 2. The quantitative estimate of drug-likeness (QED) is 0.429. The van der Waals surface area contributed by atoms with Crippen molar-refractivity contribution in [2.45, 2.75) is 19.9 Å². The molecular formula is C14H19ClIN5O. The molecule has 1 aromatic heterocycles. The largest absolute Gasteiger partial charge is 0.356 e. The molecule has 0 aliphatic carbocycles. The zero-order valence-electron chi connectivity index (χ0n) is 12.5. The van der Waals surface area contributed by atoms with E-state index in [1.54, 1.807) is 19.2 Å². The van der Waals surface area contributed by atoms with E-state index < -0.39 is 0 Å². The van der Waals surface area contributed by atoms with E-state index >= 15 is 0 Å². The Kier molecular flexibility index (Phi) is 8.18. The van der Waals surface area contributed by atoms with Crippen LogP contribution in [0.1, 0.15) is 19.2 Å². The Morgan fingerprint density at radius 3 is 2.64 bits per heavy atom. The van der Waals surface area contributed by atoms with E-state index in [1.807, 2.05) is 12.1 Å². The van der Waals surface area contributed by atoms with Gasteiger partial charge in [0.15, 0.2) is 5.96 Å². The summed E-state index contributed by atoms with van der Waals surface area (Å²) in [5.74, 6) is 1.75. The molecule has 2 aromatic rings. The number of aliphatic imine (C=N–C) groups is 1. The Balaban J connectivity index is 0.00000242. The molecule has 0 saturated carbocycles. The van der Waals surface area contributed by atoms with Gasteiger partial charge in [-0.05, 0) is 30.7 Å². The van der Waals surface area contributed by atoms with Crippen molar-refractivity contribution in [3.05, 3.63) is 35.2 Å². The fourth-order valence-electron chi connectivity index (χ4n) is 1.67. The first-order chi connectivity index (χ1) is 10.2. The van der Waals surface area contributed by atoms with Crippen LogP contribution in [-0.4, -0.2) is 29.7 Å². The van der Waals surface area contributed by atoms with Crippen LogP contribution in [0.5, 0.6) is 0 Å². The van der Waals surface area contributed by atoms with Crippen molar-refractivity contribution in [3.8, 4) is 11.4 Å². The molecule has 0 atom stereocenters. The highest BCUT2D eigenvalue weighted by atomic mass is 127. The number of guanidine groups is 1. The molecule has 120 valence electrons. The van der Waals surface area contributed by atoms with Gasteiger partial charge < -0.3 is 15.2 Å². The number of rotatable bonds is 5. The molecular weight excluding hydrogens is 417 g/mol. The van der Waals surface area contributed by atoms with E-state index in [1.165, 1.54) is 0 Å². The molecule has 8 heteroatoms. The molecule has 0 radical (unpaired) electrons. The minimum absolute atomic E-state index is 0. The van der Waals surface area contributed by atoms with Gasteiger partial charge in [-0.1, -0.05) is 23.7 Å². The van der Waals surface area contributed by atoms with Crippen molar-refractivity contribution in [3.63, 3.8) is 0 Å². The monoisotopic (exact) mass is 435 g/mol. The lowest BCUT2D eigenvalue weighted by Gasteiger charge is -2.08. The zero-order chi connectivity index (χ0) is 15.1. The van der Waals surface area contributed by atoms with Gasteiger partial charge in [-0.3, -0.25) is 4.99 Å². The maximum absolute atomic E-state index is 5.85. The van der Waals surface area contributed by atoms with Crippen LogP contribution >= 0.6 is 35.6 Å². The lowest BCUT2D eigenvalue weighted by molar-refractivity contribution is 0.375. The van der Waals surface area contributed by atoms with E-state index in [9.17, 15) is 0 Å². The van der Waals surface area contributed by atoms with Gasteiger partial charge in [-0.2, -0.15) is 4.98 Å². The summed E-state index contributed by atoms with van der Waals surface area (Å²) in [5.41, 5.74) is 0.864. The van der Waals surface area contributed by atoms with Gasteiger partial charge in [0, 0.05) is 24.2 Å². The smallest absolute Gasteiger partial charge is 0.246 e. The zero-order valence-corrected chi connectivity index (χ0v) is 15.6. The molecule has 0 aliphatic rings. The lowest BCUT2D eigenvalue weighted by Crippen LogP contribution is -2.37. The highest BCUT2D eigenvalue weighted by molar-refractivity contribution is 14.0. The fourth-order valence-corrected chi connectivity index (χ4v) is 1.79. The van der Waals surface area contributed by atoms with Gasteiger partial charge in [0.25, 0.3) is 0 Å². The Labute approximate surface area is 151 Å². The molecule has 2 N–H and O–H groups in total. The van der Waals surface area contributed by atoms with Gasteiger partial charge >= 0.3 is 0 Å². The number of halogens is 2. The third-order valence-corrected chi connectivity index (χ3v) is 3.00. The maximum atomic E-state index is 5.85. The number of hydrogen-bond acceptors (Lipinski definition) is 4. The average molecular weight is 436 g/mol. The predicted molar refractivity (Wildman–Crippen MR) is 98.7 cm³/mol. The Morgan fingerprint density at radius 2 is 2.00 bits per heavy atom. The fraction of sp³-hybridized carbons (Fsp3) is 0.357. The molecule has 6 nitrogen and oxygen atoms in total. The summed E-state index contributed by atoms with van der Waals surface area (Å²) >= 11 is 5.85. The molecule has 22 heavy (non-hydrogen) atoms. The van der Waals surface area contributed by atoms with Crippen LogP contribution in [0.3, 0.4) is 0 Å². The molecule has 0 spiro atoms. The van der Waals surface area contributed by atoms with Gasteiger partial charge in [0.2, 0.25) is 11.7 Å². The van der Waals surface area contributed by atoms with Crippen LogP contribution in [-0.2, 0) is 6.54 Å². The summed E-state index contributed by atoms with van der Waals surface area (Å²) in [7, 11) is 1.72. The van der Waals surface area contributed by atoms with Gasteiger partial charge in [0.1, 0.15) is 0 Å². The van der Waals surface area contributed by atoms with E-state index in [-0.39, 0.29) is 24.0 Å². The van der Waals surface area contributed by atoms with Gasteiger partial charge in [-0.25, -0.2) is 0 Å². The molecule has 0 bridgehead atoms. The van der Waals surface area contributed by atoms with E-state index in [0.717, 1.165) is 18.5 Å². The van der Waals surface area contributed by atoms with Crippen LogP contribution in [0.25, 0.3) is 11.4 Å². The van der Waals surface area contributed by atoms with Crippen LogP contribution in [0.2, 0.25) is 5.02 Å². The van der Waals surface area contributed by atoms with Crippen molar-refractivity contribution in [2.24, 2.45) is 4.99 Å². The molecule has 0 amide bonds. The summed E-state index contributed by atoms with van der Waals surface area (Å²) < 4.78 is 5.21. The number of aromatic nitrogens is 2. The number of nitrogens with one attached hydrogen (secondary N) is 2. The van der Waals surface area contributed by atoms with Crippen LogP contribution in [0.15, 0.2) is 33.8 Å². The van der Waals surface area contributed by atoms with Crippen molar-refractivity contribution in [1.29, 1.82) is 0 Å². The van der Waals surface area contributed by atoms with Crippen molar-refractivity contribution in [2.75, 3.05) is 13.6 Å². The Morgan fingerprint density at radius 1 is 1.27 bits per heavy atom. The summed E-state index contributed by atoms with van der Waals surface area (Å²) in [4.78, 5) is 8.44.